The minimum Gasteiger partial charge on any atom is -0.485 e. The van der Waals surface area contributed by atoms with Crippen molar-refractivity contribution >= 4 is 17.7 Å². The van der Waals surface area contributed by atoms with Crippen molar-refractivity contribution in [3.8, 4) is 35.1 Å². The van der Waals surface area contributed by atoms with Crippen molar-refractivity contribution in [3.63, 3.8) is 0 Å². The molecule has 2 atom stereocenters. The van der Waals surface area contributed by atoms with Crippen LogP contribution >= 0.6 is 11.8 Å². The molecule has 10 nitrogen and oxygen atoms in total. The lowest BCUT2D eigenvalue weighted by molar-refractivity contribution is -0.139. The number of benzene rings is 3. The number of carboxylic acid groups (broad SMARTS) is 1. The van der Waals surface area contributed by atoms with Gasteiger partial charge in [-0.1, -0.05) is 48.5 Å². The summed E-state index contributed by atoms with van der Waals surface area (Å²) in [5, 5.41) is 22.5. The van der Waals surface area contributed by atoms with E-state index in [0.717, 1.165) is 18.7 Å². The van der Waals surface area contributed by atoms with Crippen LogP contribution in [0.1, 0.15) is 36.7 Å². The third kappa shape index (κ3) is 7.64. The predicted octanol–water partition coefficient (Wildman–Crippen LogP) is 6.21. The average molecular weight is 662 g/mol. The molecule has 3 aromatic carbocycles. The zero-order valence-corrected chi connectivity index (χ0v) is 26.7. The summed E-state index contributed by atoms with van der Waals surface area (Å²) in [6.07, 6.45) is -0.232. The minimum absolute atomic E-state index is 0.0569. The van der Waals surface area contributed by atoms with Crippen LogP contribution in [0.5, 0.6) is 29.0 Å². The average Bonchev–Trinajstić information content (AvgIpc) is 3.50. The van der Waals surface area contributed by atoms with E-state index in [-0.39, 0.29) is 35.6 Å². The first-order valence-corrected chi connectivity index (χ1v) is 15.5. The Morgan fingerprint density at radius 3 is 2.38 bits per heavy atom. The fourth-order valence-corrected chi connectivity index (χ4v) is 5.97. The Morgan fingerprint density at radius 1 is 1.09 bits per heavy atom. The Hall–Kier alpha value is -4.74. The molecule has 0 amide bonds. The third-order valence-electron chi connectivity index (χ3n) is 7.54. The van der Waals surface area contributed by atoms with E-state index in [0.29, 0.717) is 17.3 Å². The monoisotopic (exact) mass is 661 g/mol. The number of pyridine rings is 1. The van der Waals surface area contributed by atoms with Gasteiger partial charge in [-0.3, -0.25) is 15.0 Å². The molecule has 0 saturated carbocycles. The number of aliphatic carboxylic acids is 1. The summed E-state index contributed by atoms with van der Waals surface area (Å²) in [5.41, 5.74) is 7.63. The van der Waals surface area contributed by atoms with Gasteiger partial charge in [0, 0.05) is 29.5 Å². The van der Waals surface area contributed by atoms with Crippen LogP contribution in [0, 0.1) is 23.0 Å². The van der Waals surface area contributed by atoms with Gasteiger partial charge in [-0.05, 0) is 44.7 Å². The van der Waals surface area contributed by atoms with Gasteiger partial charge in [0.05, 0.1) is 22.7 Å². The van der Waals surface area contributed by atoms with E-state index < -0.39 is 45.0 Å². The van der Waals surface area contributed by atoms with Crippen molar-refractivity contribution in [2.24, 2.45) is 5.73 Å². The van der Waals surface area contributed by atoms with Gasteiger partial charge in [-0.25, -0.2) is 0 Å². The molecule has 2 unspecified atom stereocenters. The topological polar surface area (TPSA) is 143 Å². The van der Waals surface area contributed by atoms with Gasteiger partial charge in [-0.15, -0.1) is 11.8 Å². The highest BCUT2D eigenvalue weighted by molar-refractivity contribution is 8.00. The quantitative estimate of drug-likeness (QED) is 0.149. The normalized spacial score (nSPS) is 15.6. The molecule has 13 heteroatoms. The van der Waals surface area contributed by atoms with Gasteiger partial charge in [0.1, 0.15) is 18.4 Å². The molecule has 4 aromatic rings. The zero-order chi connectivity index (χ0) is 33.7. The summed E-state index contributed by atoms with van der Waals surface area (Å²) in [6, 6.07) is 21.2. The Bertz CT molecular complexity index is 1800. The second-order valence-electron chi connectivity index (χ2n) is 11.3. The van der Waals surface area contributed by atoms with Gasteiger partial charge in [-0.2, -0.15) is 19.0 Å². The van der Waals surface area contributed by atoms with Crippen molar-refractivity contribution in [2.75, 3.05) is 20.1 Å². The summed E-state index contributed by atoms with van der Waals surface area (Å²) in [6.45, 7) is 4.56. The van der Waals surface area contributed by atoms with Crippen molar-refractivity contribution in [1.29, 1.82) is 5.26 Å². The summed E-state index contributed by atoms with van der Waals surface area (Å²) < 4.78 is 49.0. The summed E-state index contributed by atoms with van der Waals surface area (Å²) >= 11 is 0.574. The number of halogens is 2. The molecule has 1 fully saturated rings. The molecule has 1 aliphatic rings. The van der Waals surface area contributed by atoms with Gasteiger partial charge >= 0.3 is 5.97 Å². The molecule has 0 radical (unpaired) electrons. The number of hydrogen-bond acceptors (Lipinski definition) is 10. The molecule has 244 valence electrons. The van der Waals surface area contributed by atoms with Gasteiger partial charge < -0.3 is 25.1 Å². The highest BCUT2D eigenvalue weighted by atomic mass is 32.2. The first kappa shape index (κ1) is 33.6. The van der Waals surface area contributed by atoms with Crippen LogP contribution in [-0.2, 0) is 11.4 Å². The lowest BCUT2D eigenvalue weighted by Gasteiger charge is -2.28. The van der Waals surface area contributed by atoms with E-state index in [9.17, 15) is 15.2 Å². The van der Waals surface area contributed by atoms with Crippen molar-refractivity contribution in [1.82, 2.24) is 15.2 Å². The molecule has 1 aromatic heterocycles. The molecule has 0 bridgehead atoms. The number of nitriles is 1. The number of nitrogens with two attached hydrogens (primary N) is 1. The number of aromatic nitrogens is 1. The highest BCUT2D eigenvalue weighted by Gasteiger charge is 2.37. The Labute approximate surface area is 275 Å². The molecule has 47 heavy (non-hydrogen) atoms. The molecule has 0 spiro atoms. The fraction of sp³-hybridized carbons (Fsp3) is 0.265. The van der Waals surface area contributed by atoms with Gasteiger partial charge in [0.15, 0.2) is 11.5 Å². The smallest absolute Gasteiger partial charge is 0.321 e. The van der Waals surface area contributed by atoms with E-state index in [1.807, 2.05) is 55.6 Å². The molecular weight excluding hydrogens is 628 g/mol. The van der Waals surface area contributed by atoms with Crippen LogP contribution in [0.3, 0.4) is 0 Å². The molecule has 5 rings (SSSR count). The standard InChI is InChI=1S/C34H33F2N5O5S/c1-34(2,29(38)33(42)43)47-28-26(35)31(45-23-12-8-7-11-22(23)30-39-15-16-41(30)3)40-32(27(28)36)46-25-17-21(18-37)13-14-24(25)44-19-20-9-5-4-6-10-20/h4-14,17,29-30,39H,15-16,19,38H2,1-3H3,(H,42,43). The predicted molar refractivity (Wildman–Crippen MR) is 172 cm³/mol. The van der Waals surface area contributed by atoms with Crippen LogP contribution in [0.25, 0.3) is 0 Å². The number of ether oxygens (including phenoxy) is 3. The summed E-state index contributed by atoms with van der Waals surface area (Å²) in [5.74, 6) is -4.65. The van der Waals surface area contributed by atoms with Crippen LogP contribution in [-0.4, -0.2) is 51.9 Å². The molecule has 0 aliphatic carbocycles. The number of likely N-dealkylation sites (N-methyl/N-ethyl adjacent to an activating group) is 1. The van der Waals surface area contributed by atoms with Crippen LogP contribution in [0.4, 0.5) is 8.78 Å². The maximum Gasteiger partial charge on any atom is 0.321 e. The second kappa shape index (κ2) is 14.4. The first-order valence-electron chi connectivity index (χ1n) is 14.6. The minimum atomic E-state index is -1.48. The number of thioether (sulfide) groups is 1. The summed E-state index contributed by atoms with van der Waals surface area (Å²) in [4.78, 5) is 17.3. The van der Waals surface area contributed by atoms with E-state index >= 15 is 8.78 Å². The number of para-hydroxylation sites is 1. The first-order chi connectivity index (χ1) is 22.5. The number of nitrogens with zero attached hydrogens (tertiary/aromatic N) is 3. The van der Waals surface area contributed by atoms with Crippen molar-refractivity contribution in [3.05, 3.63) is 101 Å². The van der Waals surface area contributed by atoms with E-state index in [4.69, 9.17) is 19.9 Å². The largest absolute Gasteiger partial charge is 0.485 e. The SMILES string of the molecule is CN1CCNC1c1ccccc1Oc1nc(Oc2cc(C#N)ccc2OCc2ccccc2)c(F)c(SC(C)(C)C(N)C(=O)O)c1F. The Morgan fingerprint density at radius 2 is 1.74 bits per heavy atom. The van der Waals surface area contributed by atoms with E-state index in [1.54, 1.807) is 12.1 Å². The lowest BCUT2D eigenvalue weighted by atomic mass is 10.1. The Balaban J connectivity index is 1.59. The zero-order valence-electron chi connectivity index (χ0n) is 25.9. The van der Waals surface area contributed by atoms with Gasteiger partial charge in [0.25, 0.3) is 11.8 Å². The summed E-state index contributed by atoms with van der Waals surface area (Å²) in [7, 11) is 1.93. The number of rotatable bonds is 12. The Kier molecular flexibility index (Phi) is 10.3. The number of hydrogen-bond donors (Lipinski definition) is 3. The van der Waals surface area contributed by atoms with Crippen LogP contribution in [0.15, 0.2) is 77.7 Å². The number of carboxylic acids is 1. The molecule has 2 heterocycles. The maximum absolute atomic E-state index is 16.3. The third-order valence-corrected chi connectivity index (χ3v) is 8.88. The molecule has 1 aliphatic heterocycles. The highest BCUT2D eigenvalue weighted by Crippen LogP contribution is 2.45. The van der Waals surface area contributed by atoms with E-state index in [2.05, 4.69) is 15.2 Å². The molecular formula is C34H33F2N5O5S. The van der Waals surface area contributed by atoms with Crippen molar-refractivity contribution in [2.45, 2.75) is 42.3 Å². The lowest BCUT2D eigenvalue weighted by Crippen LogP contribution is -2.46. The molecule has 1 saturated heterocycles. The number of carbonyl (C=O) groups is 1. The van der Waals surface area contributed by atoms with E-state index in [1.165, 1.54) is 32.0 Å². The second-order valence-corrected chi connectivity index (χ2v) is 13.0. The maximum atomic E-state index is 16.3. The van der Waals surface area contributed by atoms with Gasteiger partial charge in [0.2, 0.25) is 11.6 Å². The van der Waals surface area contributed by atoms with Crippen LogP contribution < -0.4 is 25.3 Å². The van der Waals surface area contributed by atoms with Crippen molar-refractivity contribution < 1.29 is 32.9 Å². The van der Waals surface area contributed by atoms with Crippen LogP contribution in [0.2, 0.25) is 0 Å². The number of nitrogens with one attached hydrogen (secondary N) is 1. The molecule has 4 N–H and O–H groups in total. The fourth-order valence-electron chi connectivity index (χ4n) is 4.86.